The van der Waals surface area contributed by atoms with Gasteiger partial charge in [0.05, 0.1) is 5.56 Å². The first-order valence-corrected chi connectivity index (χ1v) is 6.97. The number of aromatic hydroxyl groups is 1. The summed E-state index contributed by atoms with van der Waals surface area (Å²) in [6.45, 7) is 0. The predicted octanol–water partition coefficient (Wildman–Crippen LogP) is 4.32. The van der Waals surface area contributed by atoms with E-state index in [-0.39, 0.29) is 11.4 Å². The summed E-state index contributed by atoms with van der Waals surface area (Å²) in [7, 11) is 0. The molecular formula is C19H12O3. The number of fused-ring (bicyclic) bond motifs is 3. The lowest BCUT2D eigenvalue weighted by Crippen LogP contribution is -2.02. The third kappa shape index (κ3) is 1.95. The van der Waals surface area contributed by atoms with E-state index in [1.54, 1.807) is 24.3 Å². The molecule has 0 aliphatic carbocycles. The lowest BCUT2D eigenvalue weighted by atomic mass is 10.0. The number of hydrogen-bond donors (Lipinski definition) is 1. The Bertz CT molecular complexity index is 1040. The molecule has 4 rings (SSSR count). The molecule has 0 radical (unpaired) electrons. The largest absolute Gasteiger partial charge is 0.508 e. The monoisotopic (exact) mass is 288 g/mol. The third-order valence-electron chi connectivity index (χ3n) is 3.82. The van der Waals surface area contributed by atoms with Crippen LogP contribution in [0.4, 0.5) is 0 Å². The van der Waals surface area contributed by atoms with Gasteiger partial charge in [-0.2, -0.15) is 0 Å². The number of rotatable bonds is 1. The zero-order valence-corrected chi connectivity index (χ0v) is 11.6. The van der Waals surface area contributed by atoms with E-state index >= 15 is 0 Å². The highest BCUT2D eigenvalue weighted by atomic mass is 16.4. The highest BCUT2D eigenvalue weighted by Gasteiger charge is 2.10. The lowest BCUT2D eigenvalue weighted by Gasteiger charge is -2.06. The van der Waals surface area contributed by atoms with Crippen LogP contribution in [-0.4, -0.2) is 5.11 Å². The fourth-order valence-electron chi connectivity index (χ4n) is 2.71. The van der Waals surface area contributed by atoms with E-state index in [2.05, 4.69) is 0 Å². The van der Waals surface area contributed by atoms with Gasteiger partial charge in [-0.25, -0.2) is 4.79 Å². The first-order valence-electron chi connectivity index (χ1n) is 6.97. The zero-order valence-electron chi connectivity index (χ0n) is 11.6. The molecule has 3 heteroatoms. The SMILES string of the molecule is O=c1oc2ccc3ccccc3c2cc1-c1ccc(O)cc1. The molecule has 1 heterocycles. The third-order valence-corrected chi connectivity index (χ3v) is 3.82. The van der Waals surface area contributed by atoms with Gasteiger partial charge in [0.1, 0.15) is 11.3 Å². The molecule has 0 spiro atoms. The van der Waals surface area contributed by atoms with Crippen LogP contribution < -0.4 is 5.63 Å². The maximum absolute atomic E-state index is 12.2. The molecule has 0 atom stereocenters. The Morgan fingerprint density at radius 1 is 0.818 bits per heavy atom. The minimum atomic E-state index is -0.381. The fourth-order valence-corrected chi connectivity index (χ4v) is 2.71. The molecule has 4 aromatic rings. The molecule has 0 aliphatic rings. The van der Waals surface area contributed by atoms with Crippen LogP contribution >= 0.6 is 0 Å². The van der Waals surface area contributed by atoms with E-state index in [4.69, 9.17) is 4.42 Å². The predicted molar refractivity (Wildman–Crippen MR) is 87.1 cm³/mol. The van der Waals surface area contributed by atoms with Gasteiger partial charge in [0.25, 0.3) is 0 Å². The van der Waals surface area contributed by atoms with E-state index < -0.39 is 0 Å². The molecule has 0 saturated heterocycles. The Morgan fingerprint density at radius 2 is 1.59 bits per heavy atom. The average molecular weight is 288 g/mol. The van der Waals surface area contributed by atoms with Crippen molar-refractivity contribution in [1.82, 2.24) is 0 Å². The number of benzene rings is 3. The Hall–Kier alpha value is -3.07. The molecule has 0 bridgehead atoms. The van der Waals surface area contributed by atoms with Crippen LogP contribution in [0.5, 0.6) is 5.75 Å². The van der Waals surface area contributed by atoms with Crippen molar-refractivity contribution in [2.75, 3.05) is 0 Å². The van der Waals surface area contributed by atoms with Gasteiger partial charge in [-0.1, -0.05) is 42.5 Å². The molecular weight excluding hydrogens is 276 g/mol. The topological polar surface area (TPSA) is 50.4 Å². The summed E-state index contributed by atoms with van der Waals surface area (Å²) in [6, 6.07) is 20.1. The van der Waals surface area contributed by atoms with Gasteiger partial charge in [-0.05, 0) is 40.6 Å². The molecule has 0 amide bonds. The van der Waals surface area contributed by atoms with E-state index in [1.165, 1.54) is 0 Å². The first kappa shape index (κ1) is 12.7. The smallest absolute Gasteiger partial charge is 0.344 e. The summed E-state index contributed by atoms with van der Waals surface area (Å²) in [5, 5.41) is 12.4. The van der Waals surface area contributed by atoms with Crippen LogP contribution in [0.1, 0.15) is 0 Å². The molecule has 22 heavy (non-hydrogen) atoms. The van der Waals surface area contributed by atoms with Crippen molar-refractivity contribution in [2.24, 2.45) is 0 Å². The number of hydrogen-bond acceptors (Lipinski definition) is 3. The molecule has 1 aromatic heterocycles. The summed E-state index contributed by atoms with van der Waals surface area (Å²) in [6.07, 6.45) is 0. The Morgan fingerprint density at radius 3 is 2.41 bits per heavy atom. The zero-order chi connectivity index (χ0) is 15.1. The minimum absolute atomic E-state index is 0.166. The summed E-state index contributed by atoms with van der Waals surface area (Å²) in [5.74, 6) is 0.166. The highest BCUT2D eigenvalue weighted by molar-refractivity contribution is 6.06. The summed E-state index contributed by atoms with van der Waals surface area (Å²) in [5.41, 5.74) is 1.41. The van der Waals surface area contributed by atoms with E-state index in [1.807, 2.05) is 42.5 Å². The highest BCUT2D eigenvalue weighted by Crippen LogP contribution is 2.28. The molecule has 3 nitrogen and oxygen atoms in total. The number of phenols is 1. The summed E-state index contributed by atoms with van der Waals surface area (Å²) < 4.78 is 5.47. The van der Waals surface area contributed by atoms with Gasteiger partial charge in [0, 0.05) is 5.39 Å². The van der Waals surface area contributed by atoms with Crippen molar-refractivity contribution >= 4 is 21.7 Å². The van der Waals surface area contributed by atoms with Gasteiger partial charge in [-0.3, -0.25) is 0 Å². The van der Waals surface area contributed by atoms with E-state index in [0.717, 1.165) is 21.7 Å². The first-order chi connectivity index (χ1) is 10.7. The van der Waals surface area contributed by atoms with Gasteiger partial charge in [0.15, 0.2) is 0 Å². The van der Waals surface area contributed by atoms with Crippen molar-refractivity contribution < 1.29 is 9.52 Å². The Balaban J connectivity index is 2.07. The molecule has 0 aliphatic heterocycles. The van der Waals surface area contributed by atoms with Crippen molar-refractivity contribution in [3.05, 3.63) is 77.2 Å². The van der Waals surface area contributed by atoms with Gasteiger partial charge >= 0.3 is 5.63 Å². The number of phenolic OH excluding ortho intramolecular Hbond substituents is 1. The van der Waals surface area contributed by atoms with Crippen molar-refractivity contribution in [2.45, 2.75) is 0 Å². The van der Waals surface area contributed by atoms with E-state index in [9.17, 15) is 9.90 Å². The summed E-state index contributed by atoms with van der Waals surface area (Å²) >= 11 is 0. The maximum Gasteiger partial charge on any atom is 0.344 e. The van der Waals surface area contributed by atoms with Crippen LogP contribution in [0, 0.1) is 0 Å². The van der Waals surface area contributed by atoms with Crippen LogP contribution in [0.15, 0.2) is 75.9 Å². The van der Waals surface area contributed by atoms with Crippen molar-refractivity contribution in [3.63, 3.8) is 0 Å². The Labute approximate surface area is 126 Å². The van der Waals surface area contributed by atoms with Crippen LogP contribution in [0.2, 0.25) is 0 Å². The van der Waals surface area contributed by atoms with Crippen LogP contribution in [-0.2, 0) is 0 Å². The van der Waals surface area contributed by atoms with Crippen molar-refractivity contribution in [1.29, 1.82) is 0 Å². The quantitative estimate of drug-likeness (QED) is 0.419. The summed E-state index contributed by atoms with van der Waals surface area (Å²) in [4.78, 5) is 12.2. The Kier molecular flexibility index (Phi) is 2.73. The molecule has 0 saturated carbocycles. The minimum Gasteiger partial charge on any atom is -0.508 e. The van der Waals surface area contributed by atoms with Crippen LogP contribution in [0.3, 0.4) is 0 Å². The second-order valence-electron chi connectivity index (χ2n) is 5.19. The van der Waals surface area contributed by atoms with E-state index in [0.29, 0.717) is 11.1 Å². The van der Waals surface area contributed by atoms with Gasteiger partial charge in [0.2, 0.25) is 0 Å². The van der Waals surface area contributed by atoms with Crippen LogP contribution in [0.25, 0.3) is 32.9 Å². The molecule has 0 unspecified atom stereocenters. The fraction of sp³-hybridized carbons (Fsp3) is 0. The van der Waals surface area contributed by atoms with Crippen molar-refractivity contribution in [3.8, 4) is 16.9 Å². The maximum atomic E-state index is 12.2. The standard InChI is InChI=1S/C19H12O3/c20-14-8-5-13(6-9-14)16-11-17-15-4-2-1-3-12(15)7-10-18(17)22-19(16)21/h1-11,20H. The molecule has 3 aromatic carbocycles. The normalized spacial score (nSPS) is 11.1. The second-order valence-corrected chi connectivity index (χ2v) is 5.19. The second kappa shape index (κ2) is 4.74. The average Bonchev–Trinajstić information content (AvgIpc) is 2.55. The molecule has 106 valence electrons. The molecule has 1 N–H and O–H groups in total. The lowest BCUT2D eigenvalue weighted by molar-refractivity contribution is 0.475. The van der Waals surface area contributed by atoms with Gasteiger partial charge in [-0.15, -0.1) is 0 Å². The molecule has 0 fully saturated rings. The van der Waals surface area contributed by atoms with Gasteiger partial charge < -0.3 is 9.52 Å².